The molecule has 0 aliphatic heterocycles. The average Bonchev–Trinajstić information content (AvgIpc) is 3.13. The first-order chi connectivity index (χ1) is 7.70. The fraction of sp³-hybridized carbons (Fsp3) is 0.500. The summed E-state index contributed by atoms with van der Waals surface area (Å²) in [4.78, 5) is 11.6. The number of hydrogen-bond donors (Lipinski definition) is 1. The van der Waals surface area contributed by atoms with Gasteiger partial charge in [-0.05, 0) is 37.3 Å². The summed E-state index contributed by atoms with van der Waals surface area (Å²) >= 11 is 0. The molecule has 0 saturated heterocycles. The van der Waals surface area contributed by atoms with E-state index in [1.807, 2.05) is 6.92 Å². The van der Waals surface area contributed by atoms with Gasteiger partial charge in [0.1, 0.15) is 0 Å². The number of amides is 1. The summed E-state index contributed by atoms with van der Waals surface area (Å²) in [6, 6.07) is 8.61. The van der Waals surface area contributed by atoms with Gasteiger partial charge in [-0.15, -0.1) is 0 Å². The third-order valence-corrected chi connectivity index (χ3v) is 3.19. The van der Waals surface area contributed by atoms with E-state index >= 15 is 0 Å². The maximum atomic E-state index is 11.6. The van der Waals surface area contributed by atoms with Crippen molar-refractivity contribution in [1.82, 2.24) is 5.32 Å². The Bertz CT molecular complexity index is 365. The molecule has 1 aromatic carbocycles. The van der Waals surface area contributed by atoms with E-state index in [-0.39, 0.29) is 17.9 Å². The number of benzene rings is 1. The lowest BCUT2D eigenvalue weighted by atomic mass is 10.0. The van der Waals surface area contributed by atoms with Crippen molar-refractivity contribution in [2.75, 3.05) is 0 Å². The monoisotopic (exact) mass is 217 g/mol. The minimum atomic E-state index is 0.124. The molecule has 1 amide bonds. The van der Waals surface area contributed by atoms with Crippen molar-refractivity contribution in [2.45, 2.75) is 39.2 Å². The Hall–Kier alpha value is -1.31. The van der Waals surface area contributed by atoms with Crippen molar-refractivity contribution in [1.29, 1.82) is 0 Å². The van der Waals surface area contributed by atoms with Crippen molar-refractivity contribution in [3.8, 4) is 0 Å². The molecule has 0 spiro atoms. The summed E-state index contributed by atoms with van der Waals surface area (Å²) < 4.78 is 0. The Balaban J connectivity index is 1.96. The highest BCUT2D eigenvalue weighted by Crippen LogP contribution is 2.29. The van der Waals surface area contributed by atoms with E-state index in [4.69, 9.17) is 0 Å². The van der Waals surface area contributed by atoms with Gasteiger partial charge in [-0.2, -0.15) is 0 Å². The van der Waals surface area contributed by atoms with Crippen LogP contribution in [0.5, 0.6) is 0 Å². The highest BCUT2D eigenvalue weighted by molar-refractivity contribution is 5.81. The fourth-order valence-electron chi connectivity index (χ4n) is 1.80. The second kappa shape index (κ2) is 4.69. The molecule has 1 aliphatic carbocycles. The van der Waals surface area contributed by atoms with Crippen LogP contribution in [0.3, 0.4) is 0 Å². The van der Waals surface area contributed by atoms with Gasteiger partial charge in [-0.25, -0.2) is 0 Å². The molecule has 16 heavy (non-hydrogen) atoms. The first-order valence-corrected chi connectivity index (χ1v) is 6.10. The minimum Gasteiger partial charge on any atom is -0.349 e. The van der Waals surface area contributed by atoms with Gasteiger partial charge < -0.3 is 5.32 Å². The van der Waals surface area contributed by atoms with E-state index < -0.39 is 0 Å². The van der Waals surface area contributed by atoms with Gasteiger partial charge in [-0.1, -0.05) is 31.2 Å². The van der Waals surface area contributed by atoms with Gasteiger partial charge in [0, 0.05) is 5.92 Å². The minimum absolute atomic E-state index is 0.124. The predicted octanol–water partition coefficient (Wildman–Crippen LogP) is 2.84. The summed E-state index contributed by atoms with van der Waals surface area (Å²) in [5.74, 6) is 0.504. The summed E-state index contributed by atoms with van der Waals surface area (Å²) in [7, 11) is 0. The predicted molar refractivity (Wildman–Crippen MR) is 65.1 cm³/mol. The van der Waals surface area contributed by atoms with E-state index in [0.717, 1.165) is 19.3 Å². The van der Waals surface area contributed by atoms with Crippen molar-refractivity contribution in [3.63, 3.8) is 0 Å². The molecule has 1 N–H and O–H groups in total. The van der Waals surface area contributed by atoms with Crippen LogP contribution < -0.4 is 5.32 Å². The zero-order chi connectivity index (χ0) is 11.5. The number of hydrogen-bond acceptors (Lipinski definition) is 1. The van der Waals surface area contributed by atoms with Crippen molar-refractivity contribution >= 4 is 5.91 Å². The van der Waals surface area contributed by atoms with Crippen LogP contribution in [0.4, 0.5) is 0 Å². The summed E-state index contributed by atoms with van der Waals surface area (Å²) in [5, 5.41) is 3.06. The number of aryl methyl sites for hydroxylation is 1. The second-order valence-electron chi connectivity index (χ2n) is 4.60. The van der Waals surface area contributed by atoms with Crippen LogP contribution in [0, 0.1) is 5.92 Å². The van der Waals surface area contributed by atoms with Crippen molar-refractivity contribution < 1.29 is 4.79 Å². The molecule has 1 fully saturated rings. The van der Waals surface area contributed by atoms with Crippen molar-refractivity contribution in [2.24, 2.45) is 5.92 Å². The molecule has 1 atom stereocenters. The summed E-state index contributed by atoms with van der Waals surface area (Å²) in [6.07, 6.45) is 3.18. The highest BCUT2D eigenvalue weighted by atomic mass is 16.2. The molecule has 0 radical (unpaired) electrons. The second-order valence-corrected chi connectivity index (χ2v) is 4.60. The van der Waals surface area contributed by atoms with Gasteiger partial charge in [0.05, 0.1) is 6.04 Å². The zero-order valence-corrected chi connectivity index (χ0v) is 9.99. The maximum Gasteiger partial charge on any atom is 0.223 e. The largest absolute Gasteiger partial charge is 0.349 e. The average molecular weight is 217 g/mol. The molecule has 86 valence electrons. The topological polar surface area (TPSA) is 29.1 Å². The molecular formula is C14H19NO. The lowest BCUT2D eigenvalue weighted by molar-refractivity contribution is -0.122. The Labute approximate surface area is 97.1 Å². The first-order valence-electron chi connectivity index (χ1n) is 6.10. The molecule has 2 nitrogen and oxygen atoms in total. The van der Waals surface area contributed by atoms with E-state index in [1.54, 1.807) is 0 Å². The van der Waals surface area contributed by atoms with E-state index in [0.29, 0.717) is 0 Å². The molecule has 1 aliphatic rings. The number of nitrogens with one attached hydrogen (secondary N) is 1. The molecule has 0 bridgehead atoms. The lowest BCUT2D eigenvalue weighted by Gasteiger charge is -2.14. The van der Waals surface area contributed by atoms with Crippen LogP contribution in [0.2, 0.25) is 0 Å². The van der Waals surface area contributed by atoms with Gasteiger partial charge in [-0.3, -0.25) is 4.79 Å². The standard InChI is InChI=1S/C14H19NO/c1-3-11-4-6-12(7-5-11)10(2)15-14(16)13-8-9-13/h4-7,10,13H,3,8-9H2,1-2H3,(H,15,16)/t10-/m0/s1. The van der Waals surface area contributed by atoms with Crippen molar-refractivity contribution in [3.05, 3.63) is 35.4 Å². The highest BCUT2D eigenvalue weighted by Gasteiger charge is 2.30. The summed E-state index contributed by atoms with van der Waals surface area (Å²) in [5.41, 5.74) is 2.52. The smallest absolute Gasteiger partial charge is 0.223 e. The number of carbonyl (C=O) groups excluding carboxylic acids is 1. The van der Waals surface area contributed by atoms with E-state index in [2.05, 4.69) is 36.5 Å². The quantitative estimate of drug-likeness (QED) is 0.825. The summed E-state index contributed by atoms with van der Waals surface area (Å²) in [6.45, 7) is 4.19. The molecule has 0 heterocycles. The Morgan fingerprint density at radius 1 is 1.38 bits per heavy atom. The SMILES string of the molecule is CCc1ccc([C@H](C)NC(=O)C2CC2)cc1. The molecular weight excluding hydrogens is 198 g/mol. The zero-order valence-electron chi connectivity index (χ0n) is 9.99. The molecule has 1 saturated carbocycles. The van der Waals surface area contributed by atoms with Gasteiger partial charge in [0.25, 0.3) is 0 Å². The van der Waals surface area contributed by atoms with Crippen LogP contribution in [-0.2, 0) is 11.2 Å². The van der Waals surface area contributed by atoms with Gasteiger partial charge in [0.15, 0.2) is 0 Å². The third-order valence-electron chi connectivity index (χ3n) is 3.19. The molecule has 2 heteroatoms. The van der Waals surface area contributed by atoms with Gasteiger partial charge >= 0.3 is 0 Å². The molecule has 1 aromatic rings. The lowest BCUT2D eigenvalue weighted by Crippen LogP contribution is -2.27. The maximum absolute atomic E-state index is 11.6. The van der Waals surface area contributed by atoms with Crippen LogP contribution in [-0.4, -0.2) is 5.91 Å². The van der Waals surface area contributed by atoms with E-state index in [9.17, 15) is 4.79 Å². The first kappa shape index (κ1) is 11.2. The Morgan fingerprint density at radius 2 is 2.00 bits per heavy atom. The fourth-order valence-corrected chi connectivity index (χ4v) is 1.80. The molecule has 0 unspecified atom stereocenters. The molecule has 2 rings (SSSR count). The van der Waals surface area contributed by atoms with Crippen LogP contribution in [0.1, 0.15) is 43.9 Å². The number of rotatable bonds is 4. The third kappa shape index (κ3) is 2.63. The van der Waals surface area contributed by atoms with Gasteiger partial charge in [0.2, 0.25) is 5.91 Å². The molecule has 0 aromatic heterocycles. The van der Waals surface area contributed by atoms with Crippen LogP contribution in [0.15, 0.2) is 24.3 Å². The number of carbonyl (C=O) groups is 1. The Morgan fingerprint density at radius 3 is 2.50 bits per heavy atom. The van der Waals surface area contributed by atoms with E-state index in [1.165, 1.54) is 11.1 Å². The van der Waals surface area contributed by atoms with Crippen LogP contribution in [0.25, 0.3) is 0 Å². The Kier molecular flexibility index (Phi) is 3.28. The normalized spacial score (nSPS) is 16.9. The van der Waals surface area contributed by atoms with Crippen LogP contribution >= 0.6 is 0 Å².